The van der Waals surface area contributed by atoms with Crippen molar-refractivity contribution in [3.8, 4) is 33.6 Å². The monoisotopic (exact) mass is 785 g/mol. The lowest BCUT2D eigenvalue weighted by molar-refractivity contribution is 0.936. The molecular weight excluding hydrogens is 739 g/mol. The maximum Gasteiger partial charge on any atom is 0.160 e. The molecule has 0 N–H and O–H groups in total. The first-order chi connectivity index (χ1) is 29.9. The summed E-state index contributed by atoms with van der Waals surface area (Å²) >= 11 is 0. The van der Waals surface area contributed by atoms with Crippen molar-refractivity contribution in [1.82, 2.24) is 15.0 Å². The molecule has 2 aromatic heterocycles. The fourth-order valence-electron chi connectivity index (χ4n) is 8.63. The van der Waals surface area contributed by atoms with Gasteiger partial charge < -0.3 is 0 Å². The molecule has 8 aromatic rings. The fourth-order valence-corrected chi connectivity index (χ4v) is 8.63. The van der Waals surface area contributed by atoms with Crippen LogP contribution in [-0.4, -0.2) is 15.0 Å². The molecule has 2 unspecified atom stereocenters. The Labute approximate surface area is 358 Å². The molecule has 0 aliphatic heterocycles. The van der Waals surface area contributed by atoms with Crippen LogP contribution in [0.5, 0.6) is 0 Å². The summed E-state index contributed by atoms with van der Waals surface area (Å²) in [6, 6.07) is 53.9. The maximum atomic E-state index is 5.32. The SMILES string of the molecule is C=C(/C=C(\C=C/C)c1nc(-c2ccc(-c3cccnc3)cc2)cc(-c2ccc3ccccc3c2)n1)/C1=c2\cccc\c2=C(/c2cccc3ccccc23)C(C)/C=C\C=C/C1C. The van der Waals surface area contributed by atoms with E-state index in [1.807, 2.05) is 19.2 Å². The van der Waals surface area contributed by atoms with Gasteiger partial charge in [-0.3, -0.25) is 4.98 Å². The van der Waals surface area contributed by atoms with Crippen LogP contribution < -0.4 is 10.4 Å². The van der Waals surface area contributed by atoms with E-state index >= 15 is 0 Å². The highest BCUT2D eigenvalue weighted by Gasteiger charge is 2.19. The minimum atomic E-state index is 0.0577. The lowest BCUT2D eigenvalue weighted by atomic mass is 9.84. The van der Waals surface area contributed by atoms with Crippen LogP contribution in [0.4, 0.5) is 0 Å². The first-order valence-electron chi connectivity index (χ1n) is 21.0. The lowest BCUT2D eigenvalue weighted by Crippen LogP contribution is -2.32. The van der Waals surface area contributed by atoms with Gasteiger partial charge in [-0.05, 0) is 96.6 Å². The van der Waals surface area contributed by atoms with Crippen LogP contribution in [0.15, 0.2) is 219 Å². The zero-order valence-corrected chi connectivity index (χ0v) is 34.8. The van der Waals surface area contributed by atoms with Gasteiger partial charge in [-0.1, -0.05) is 190 Å². The number of fused-ring (bicyclic) bond motifs is 3. The van der Waals surface area contributed by atoms with E-state index in [1.165, 1.54) is 37.7 Å². The zero-order valence-electron chi connectivity index (χ0n) is 34.8. The topological polar surface area (TPSA) is 38.7 Å². The van der Waals surface area contributed by atoms with Crippen LogP contribution in [0.3, 0.4) is 0 Å². The van der Waals surface area contributed by atoms with Crippen LogP contribution in [-0.2, 0) is 0 Å². The number of benzene rings is 6. The van der Waals surface area contributed by atoms with Gasteiger partial charge in [-0.25, -0.2) is 9.97 Å². The molecule has 61 heavy (non-hydrogen) atoms. The number of hydrogen-bond acceptors (Lipinski definition) is 3. The van der Waals surface area contributed by atoms with Crippen molar-refractivity contribution >= 4 is 38.3 Å². The molecule has 1 aliphatic carbocycles. The second-order valence-corrected chi connectivity index (χ2v) is 15.7. The average Bonchev–Trinajstić information content (AvgIpc) is 3.31. The van der Waals surface area contributed by atoms with Gasteiger partial charge >= 0.3 is 0 Å². The Balaban J connectivity index is 1.25. The van der Waals surface area contributed by atoms with Gasteiger partial charge in [0.15, 0.2) is 5.82 Å². The molecule has 0 radical (unpaired) electrons. The summed E-state index contributed by atoms with van der Waals surface area (Å²) < 4.78 is 0. The first-order valence-corrected chi connectivity index (χ1v) is 21.0. The molecular formula is C58H47N3. The van der Waals surface area contributed by atoms with Crippen LogP contribution in [0.1, 0.15) is 32.2 Å². The number of rotatable bonds is 8. The van der Waals surface area contributed by atoms with Crippen LogP contribution in [0.2, 0.25) is 0 Å². The quantitative estimate of drug-likeness (QED) is 0.144. The van der Waals surface area contributed by atoms with Crippen molar-refractivity contribution in [3.63, 3.8) is 0 Å². The molecule has 0 bridgehead atoms. The van der Waals surface area contributed by atoms with Gasteiger partial charge in [0.2, 0.25) is 0 Å². The minimum absolute atomic E-state index is 0.0577. The second-order valence-electron chi connectivity index (χ2n) is 15.7. The Morgan fingerprint density at radius 3 is 2.00 bits per heavy atom. The summed E-state index contributed by atoms with van der Waals surface area (Å²) in [5.74, 6) is 0.840. The molecule has 2 atom stereocenters. The maximum absolute atomic E-state index is 5.32. The molecule has 294 valence electrons. The van der Waals surface area contributed by atoms with E-state index in [0.717, 1.165) is 55.7 Å². The minimum Gasteiger partial charge on any atom is -0.264 e. The van der Waals surface area contributed by atoms with Crippen molar-refractivity contribution in [2.24, 2.45) is 11.8 Å². The lowest BCUT2D eigenvalue weighted by Gasteiger charge is -2.20. The zero-order chi connectivity index (χ0) is 41.7. The summed E-state index contributed by atoms with van der Waals surface area (Å²) in [6.07, 6.45) is 19.0. The van der Waals surface area contributed by atoms with Gasteiger partial charge in [0.05, 0.1) is 11.4 Å². The fraction of sp³-hybridized carbons (Fsp3) is 0.0862. The normalized spacial score (nSPS) is 18.5. The summed E-state index contributed by atoms with van der Waals surface area (Å²) in [5, 5.41) is 7.21. The molecule has 0 amide bonds. The number of aromatic nitrogens is 3. The predicted molar refractivity (Wildman–Crippen MR) is 258 cm³/mol. The highest BCUT2D eigenvalue weighted by atomic mass is 14.9. The Hall–Kier alpha value is -7.49. The van der Waals surface area contributed by atoms with E-state index in [1.54, 1.807) is 6.20 Å². The smallest absolute Gasteiger partial charge is 0.160 e. The highest BCUT2D eigenvalue weighted by Crippen LogP contribution is 2.33. The van der Waals surface area contributed by atoms with Gasteiger partial charge in [-0.2, -0.15) is 0 Å². The first kappa shape index (κ1) is 39.0. The second kappa shape index (κ2) is 17.4. The average molecular weight is 786 g/mol. The Bertz CT molecular complexity index is 3180. The molecule has 0 spiro atoms. The van der Waals surface area contributed by atoms with Crippen molar-refractivity contribution in [1.29, 1.82) is 0 Å². The third-order valence-electron chi connectivity index (χ3n) is 11.6. The highest BCUT2D eigenvalue weighted by molar-refractivity contribution is 5.95. The van der Waals surface area contributed by atoms with Gasteiger partial charge in [0, 0.05) is 40.9 Å². The summed E-state index contributed by atoms with van der Waals surface area (Å²) in [7, 11) is 0. The molecule has 3 nitrogen and oxygen atoms in total. The summed E-state index contributed by atoms with van der Waals surface area (Å²) in [5.41, 5.74) is 11.4. The third-order valence-corrected chi connectivity index (χ3v) is 11.6. The standard InChI is InChI=1S/C58H47N3/c1-5-16-48(35-41(4)56-39(2)17-6-7-18-40(3)57(53-26-13-12-25-52(53)56)51-27-14-22-44-20-10-11-24-50(44)51)58-60-54(45-31-28-43(29-32-45)49-23-15-34-59-38-49)37-55(61-58)47-33-30-42-19-8-9-21-46(42)36-47/h5-40H,4H2,1-3H3/b16-5-,17-6-,18-7-,48-35+,56-52+,57-53+. The Morgan fingerprint density at radius 1 is 0.574 bits per heavy atom. The van der Waals surface area contributed by atoms with Crippen LogP contribution in [0, 0.1) is 11.8 Å². The van der Waals surface area contributed by atoms with Crippen LogP contribution in [0.25, 0.3) is 71.9 Å². The van der Waals surface area contributed by atoms with E-state index in [-0.39, 0.29) is 11.8 Å². The number of hydrogen-bond donors (Lipinski definition) is 0. The van der Waals surface area contributed by atoms with Crippen molar-refractivity contribution in [3.05, 3.63) is 241 Å². The molecule has 0 saturated heterocycles. The van der Waals surface area contributed by atoms with E-state index < -0.39 is 0 Å². The summed E-state index contributed by atoms with van der Waals surface area (Å²) in [4.78, 5) is 15.0. The van der Waals surface area contributed by atoms with E-state index in [9.17, 15) is 0 Å². The number of nitrogens with zero attached hydrogens (tertiary/aromatic N) is 3. The van der Waals surface area contributed by atoms with Crippen molar-refractivity contribution in [2.45, 2.75) is 20.8 Å². The number of allylic oxidation sites excluding steroid dienone is 9. The Kier molecular flexibility index (Phi) is 11.1. The molecule has 0 saturated carbocycles. The van der Waals surface area contributed by atoms with E-state index in [4.69, 9.17) is 16.5 Å². The summed E-state index contributed by atoms with van der Waals surface area (Å²) in [6.45, 7) is 11.4. The van der Waals surface area contributed by atoms with Gasteiger partial charge in [0.25, 0.3) is 0 Å². The largest absolute Gasteiger partial charge is 0.264 e. The van der Waals surface area contributed by atoms with Crippen LogP contribution >= 0.6 is 0 Å². The van der Waals surface area contributed by atoms with E-state index in [0.29, 0.717) is 5.82 Å². The third kappa shape index (κ3) is 8.11. The predicted octanol–water partition coefficient (Wildman–Crippen LogP) is 13.1. The molecule has 3 heteroatoms. The molecule has 1 aliphatic rings. The molecule has 2 heterocycles. The number of pyridine rings is 1. The van der Waals surface area contributed by atoms with Crippen molar-refractivity contribution < 1.29 is 0 Å². The molecule has 6 aromatic carbocycles. The van der Waals surface area contributed by atoms with E-state index in [2.05, 4.69) is 207 Å². The molecule has 0 fully saturated rings. The van der Waals surface area contributed by atoms with Gasteiger partial charge in [0.1, 0.15) is 0 Å². The molecule has 9 rings (SSSR count). The van der Waals surface area contributed by atoms with Gasteiger partial charge in [-0.15, -0.1) is 0 Å². The van der Waals surface area contributed by atoms with Crippen molar-refractivity contribution in [2.75, 3.05) is 0 Å². The Morgan fingerprint density at radius 2 is 1.23 bits per heavy atom.